The van der Waals surface area contributed by atoms with Gasteiger partial charge in [0, 0.05) is 19.3 Å². The van der Waals surface area contributed by atoms with Crippen LogP contribution in [-0.2, 0) is 55.8 Å². The lowest BCUT2D eigenvalue weighted by atomic mass is 10.0. The van der Waals surface area contributed by atoms with Gasteiger partial charge in [-0.3, -0.25) is 32.5 Å². The summed E-state index contributed by atoms with van der Waals surface area (Å²) in [5, 5.41) is 20.8. The lowest BCUT2D eigenvalue weighted by Gasteiger charge is -2.21. The Bertz CT molecular complexity index is 2920. The molecule has 746 valence electrons. The van der Waals surface area contributed by atoms with Crippen LogP contribution in [0.5, 0.6) is 0 Å². The summed E-state index contributed by atoms with van der Waals surface area (Å²) in [5.74, 6) is -1.55. The van der Waals surface area contributed by atoms with Crippen LogP contribution in [0.25, 0.3) is 0 Å². The van der Waals surface area contributed by atoms with Crippen LogP contribution in [0, 0.1) is 0 Å². The molecule has 16 nitrogen and oxygen atoms in total. The molecule has 0 spiro atoms. The van der Waals surface area contributed by atoms with Crippen LogP contribution in [0.2, 0.25) is 0 Å². The van der Waals surface area contributed by atoms with Crippen molar-refractivity contribution in [2.24, 2.45) is 0 Å². The Labute approximate surface area is 791 Å². The number of hydrogen-bond acceptors (Lipinski definition) is 14. The zero-order valence-corrected chi connectivity index (χ0v) is 84.6. The second-order valence-corrected chi connectivity index (χ2v) is 38.6. The smallest absolute Gasteiger partial charge is 0.463 e. The standard InChI is InChI=1S/C111H196O16P2/c1-4-7-10-13-16-19-22-25-28-31-34-37-40-43-46-49-51-52-54-57-58-61-64-67-70-73-76-79-82-85-88-91-94-97-109(114)121-100-106(112)101-123-128(117,118)124-102-107(113)103-125-129(119,120)126-105-108(127-111(116)99-96-93-90-87-84-81-78-75-72-69-66-63-60-55-48-45-42-39-36-33-30-27-24-21-18-15-12-9-6-3)104-122-110(115)98-95-92-89-86-83-80-77-74-71-68-65-62-59-56-53-50-47-44-41-38-35-32-29-26-23-20-17-14-11-8-5-2/h16-21,25-30,34-39,43-48,106-108,112-113H,4-15,22-24,31-33,40-42,49-105H2,1-3H3,(H,117,118)(H,119,120)/b19-16-,20-17-,21-18-,28-25-,29-26-,30-27-,37-34-,38-35-,39-36-,46-43-,47-44-,48-45-. The second kappa shape index (κ2) is 102. The van der Waals surface area contributed by atoms with E-state index in [1.54, 1.807) is 0 Å². The number of aliphatic hydroxyl groups is 2. The zero-order chi connectivity index (χ0) is 93.5. The van der Waals surface area contributed by atoms with Gasteiger partial charge in [0.05, 0.1) is 26.4 Å². The lowest BCUT2D eigenvalue weighted by Crippen LogP contribution is -2.30. The first-order valence-corrected chi connectivity index (χ1v) is 56.1. The second-order valence-electron chi connectivity index (χ2n) is 35.7. The van der Waals surface area contributed by atoms with Gasteiger partial charge in [-0.25, -0.2) is 9.13 Å². The van der Waals surface area contributed by atoms with E-state index in [4.69, 9.17) is 32.3 Å². The molecule has 0 bridgehead atoms. The molecule has 0 amide bonds. The molecule has 0 radical (unpaired) electrons. The zero-order valence-electron chi connectivity index (χ0n) is 82.8. The van der Waals surface area contributed by atoms with Crippen molar-refractivity contribution in [3.63, 3.8) is 0 Å². The van der Waals surface area contributed by atoms with Crippen LogP contribution >= 0.6 is 15.6 Å². The summed E-state index contributed by atoms with van der Waals surface area (Å²) in [4.78, 5) is 59.3. The molecule has 0 aliphatic heterocycles. The van der Waals surface area contributed by atoms with Gasteiger partial charge < -0.3 is 34.2 Å². The SMILES string of the molecule is CCCCC/C=C\C/C=C\C/C=C\C/C=C\CCCCCCCCCCCCCCCCCCCC(=O)OCC(O)COP(=O)(O)OCC(O)COP(=O)(O)OCC(COC(=O)CCCCCCCCCCCCCCCCC/C=C\C/C=C\C/C=C\C/C=C\CCCCC)OC(=O)CCCCCCCCCCCCCCC/C=C\C/C=C\C/C=C\C/C=C\CCCCC. The van der Waals surface area contributed by atoms with E-state index in [0.717, 1.165) is 128 Å². The molecule has 5 atom stereocenters. The highest BCUT2D eigenvalue weighted by molar-refractivity contribution is 7.47. The van der Waals surface area contributed by atoms with Gasteiger partial charge in [-0.15, -0.1) is 0 Å². The number of hydrogen-bond donors (Lipinski definition) is 4. The van der Waals surface area contributed by atoms with E-state index < -0.39 is 91.5 Å². The summed E-state index contributed by atoms with van der Waals surface area (Å²) in [6.07, 6.45) is 132. The highest BCUT2D eigenvalue weighted by Crippen LogP contribution is 2.45. The van der Waals surface area contributed by atoms with Gasteiger partial charge >= 0.3 is 33.6 Å². The Morgan fingerprint density at radius 1 is 0.217 bits per heavy atom. The summed E-state index contributed by atoms with van der Waals surface area (Å²) < 4.78 is 61.8. The topological polar surface area (TPSA) is 231 Å². The summed E-state index contributed by atoms with van der Waals surface area (Å²) in [7, 11) is -9.82. The molecular weight excluding hydrogens is 1650 g/mol. The number of allylic oxidation sites excluding steroid dienone is 24. The van der Waals surface area contributed by atoms with E-state index >= 15 is 0 Å². The summed E-state index contributed by atoms with van der Waals surface area (Å²) in [5.41, 5.74) is 0. The highest BCUT2D eigenvalue weighted by Gasteiger charge is 2.30. The van der Waals surface area contributed by atoms with E-state index in [2.05, 4.69) is 167 Å². The van der Waals surface area contributed by atoms with Gasteiger partial charge in [0.15, 0.2) is 6.10 Å². The Kier molecular flexibility index (Phi) is 98.8. The molecule has 0 aromatic rings. The minimum absolute atomic E-state index is 0.102. The third-order valence-electron chi connectivity index (χ3n) is 23.0. The van der Waals surface area contributed by atoms with Crippen molar-refractivity contribution in [2.45, 2.75) is 501 Å². The van der Waals surface area contributed by atoms with Crippen molar-refractivity contribution in [1.82, 2.24) is 0 Å². The first-order chi connectivity index (χ1) is 63.2. The molecule has 129 heavy (non-hydrogen) atoms. The normalized spacial score (nSPS) is 14.2. The Morgan fingerprint density at radius 3 is 0.612 bits per heavy atom. The molecular formula is C111H196O16P2. The quantitative estimate of drug-likeness (QED) is 0.0146. The van der Waals surface area contributed by atoms with Crippen LogP contribution in [-0.4, -0.2) is 95.9 Å². The van der Waals surface area contributed by atoms with Crippen molar-refractivity contribution < 1.29 is 75.8 Å². The molecule has 5 unspecified atom stereocenters. The number of rotatable bonds is 101. The van der Waals surface area contributed by atoms with Gasteiger partial charge in [0.25, 0.3) is 0 Å². The molecule has 0 heterocycles. The number of phosphoric ester groups is 2. The van der Waals surface area contributed by atoms with Crippen molar-refractivity contribution in [2.75, 3.05) is 39.6 Å². The number of carbonyl (C=O) groups is 3. The molecule has 0 saturated carbocycles. The third kappa shape index (κ3) is 104. The first-order valence-electron chi connectivity index (χ1n) is 53.1. The Hall–Kier alpha value is -4.57. The molecule has 0 aliphatic carbocycles. The largest absolute Gasteiger partial charge is 0.472 e. The van der Waals surface area contributed by atoms with E-state index in [1.807, 2.05) is 0 Å². The van der Waals surface area contributed by atoms with E-state index in [0.29, 0.717) is 19.3 Å². The third-order valence-corrected chi connectivity index (χ3v) is 24.9. The maximum absolute atomic E-state index is 13.1. The van der Waals surface area contributed by atoms with Crippen LogP contribution in [0.4, 0.5) is 0 Å². The van der Waals surface area contributed by atoms with Crippen molar-refractivity contribution in [1.29, 1.82) is 0 Å². The van der Waals surface area contributed by atoms with Crippen LogP contribution < -0.4 is 0 Å². The number of unbranched alkanes of at least 4 members (excludes halogenated alkanes) is 54. The van der Waals surface area contributed by atoms with E-state index in [-0.39, 0.29) is 19.3 Å². The van der Waals surface area contributed by atoms with Crippen LogP contribution in [0.15, 0.2) is 146 Å². The molecule has 4 N–H and O–H groups in total. The maximum Gasteiger partial charge on any atom is 0.472 e. The molecule has 0 aromatic heterocycles. The minimum Gasteiger partial charge on any atom is -0.463 e. The average molecular weight is 1850 g/mol. The molecule has 0 aromatic carbocycles. The van der Waals surface area contributed by atoms with E-state index in [1.165, 1.54) is 295 Å². The fourth-order valence-electron chi connectivity index (χ4n) is 14.9. The summed E-state index contributed by atoms with van der Waals surface area (Å²) in [6, 6.07) is 0. The Balaban J connectivity index is 4.60. The molecule has 0 rings (SSSR count). The average Bonchev–Trinajstić information content (AvgIpc) is 0.898. The van der Waals surface area contributed by atoms with Gasteiger partial charge in [-0.05, 0) is 154 Å². The molecule has 0 saturated heterocycles. The number of ether oxygens (including phenoxy) is 3. The van der Waals surface area contributed by atoms with Crippen molar-refractivity contribution in [3.8, 4) is 0 Å². The van der Waals surface area contributed by atoms with Crippen molar-refractivity contribution >= 4 is 33.6 Å². The maximum atomic E-state index is 13.1. The number of carbonyl (C=O) groups excluding carboxylic acids is 3. The predicted octanol–water partition coefficient (Wildman–Crippen LogP) is 33.8. The number of phosphoric acid groups is 2. The van der Waals surface area contributed by atoms with Crippen molar-refractivity contribution in [3.05, 3.63) is 146 Å². The van der Waals surface area contributed by atoms with Crippen LogP contribution in [0.1, 0.15) is 483 Å². The van der Waals surface area contributed by atoms with Gasteiger partial charge in [-0.2, -0.15) is 0 Å². The van der Waals surface area contributed by atoms with Gasteiger partial charge in [0.2, 0.25) is 0 Å². The fourth-order valence-corrected chi connectivity index (χ4v) is 16.5. The van der Waals surface area contributed by atoms with E-state index in [9.17, 15) is 43.5 Å². The monoisotopic (exact) mass is 1850 g/mol. The fraction of sp³-hybridized carbons (Fsp3) is 0.757. The van der Waals surface area contributed by atoms with Gasteiger partial charge in [-0.1, -0.05) is 456 Å². The summed E-state index contributed by atoms with van der Waals surface area (Å²) >= 11 is 0. The summed E-state index contributed by atoms with van der Waals surface area (Å²) in [6.45, 7) is 2.70. The minimum atomic E-state index is -4.95. The van der Waals surface area contributed by atoms with Crippen LogP contribution in [0.3, 0.4) is 0 Å². The van der Waals surface area contributed by atoms with Gasteiger partial charge in [0.1, 0.15) is 25.4 Å². The lowest BCUT2D eigenvalue weighted by molar-refractivity contribution is -0.161. The number of aliphatic hydroxyl groups excluding tert-OH is 2. The Morgan fingerprint density at radius 2 is 0.388 bits per heavy atom. The molecule has 0 fully saturated rings. The number of esters is 3. The molecule has 0 aliphatic rings. The molecule has 18 heteroatoms. The first kappa shape index (κ1) is 124. The predicted molar refractivity (Wildman–Crippen MR) is 546 cm³/mol. The highest BCUT2D eigenvalue weighted by atomic mass is 31.2.